The summed E-state index contributed by atoms with van der Waals surface area (Å²) in [7, 11) is 0. The fraction of sp³-hybridized carbons (Fsp3) is 0.235. The van der Waals surface area contributed by atoms with Crippen LogP contribution in [-0.2, 0) is 0 Å². The highest BCUT2D eigenvalue weighted by Crippen LogP contribution is 2.41. The molecular formula is C17H13Cl2FO2. The first-order valence-electron chi connectivity index (χ1n) is 6.89. The van der Waals surface area contributed by atoms with Crippen LogP contribution in [0.5, 0.6) is 5.75 Å². The molecule has 5 heteroatoms. The summed E-state index contributed by atoms with van der Waals surface area (Å²) in [5.74, 6) is 0.0928. The largest absolute Gasteiger partial charge is 0.493 e. The van der Waals surface area contributed by atoms with E-state index in [-0.39, 0.29) is 11.7 Å². The molecule has 2 aromatic carbocycles. The Hall–Kier alpha value is -1.58. The van der Waals surface area contributed by atoms with Crippen molar-refractivity contribution in [1.82, 2.24) is 0 Å². The van der Waals surface area contributed by atoms with Gasteiger partial charge in [0, 0.05) is 28.1 Å². The minimum atomic E-state index is -0.549. The molecule has 0 aliphatic carbocycles. The van der Waals surface area contributed by atoms with Crippen LogP contribution in [0.25, 0.3) is 0 Å². The van der Waals surface area contributed by atoms with Crippen molar-refractivity contribution < 1.29 is 13.9 Å². The highest BCUT2D eigenvalue weighted by molar-refractivity contribution is 6.68. The smallest absolute Gasteiger partial charge is 0.252 e. The zero-order valence-corrected chi connectivity index (χ0v) is 13.3. The summed E-state index contributed by atoms with van der Waals surface area (Å²) >= 11 is 11.8. The van der Waals surface area contributed by atoms with Crippen LogP contribution in [0.1, 0.15) is 39.4 Å². The minimum Gasteiger partial charge on any atom is -0.493 e. The highest BCUT2D eigenvalue weighted by atomic mass is 35.5. The van der Waals surface area contributed by atoms with Gasteiger partial charge in [0.2, 0.25) is 0 Å². The first-order valence-corrected chi connectivity index (χ1v) is 7.65. The van der Waals surface area contributed by atoms with Gasteiger partial charge in [0.05, 0.1) is 6.61 Å². The van der Waals surface area contributed by atoms with Gasteiger partial charge in [-0.05, 0) is 48.2 Å². The second kappa shape index (κ2) is 5.90. The molecule has 1 unspecified atom stereocenters. The van der Waals surface area contributed by atoms with Gasteiger partial charge in [-0.2, -0.15) is 0 Å². The van der Waals surface area contributed by atoms with Crippen LogP contribution >= 0.6 is 23.2 Å². The van der Waals surface area contributed by atoms with Crippen molar-refractivity contribution in [2.45, 2.75) is 19.3 Å². The van der Waals surface area contributed by atoms with Crippen LogP contribution < -0.4 is 4.74 Å². The molecule has 22 heavy (non-hydrogen) atoms. The lowest BCUT2D eigenvalue weighted by molar-refractivity contribution is 0.108. The fourth-order valence-corrected chi connectivity index (χ4v) is 3.18. The molecular weight excluding hydrogens is 326 g/mol. The number of rotatable bonds is 2. The zero-order valence-electron chi connectivity index (χ0n) is 11.8. The van der Waals surface area contributed by atoms with Gasteiger partial charge in [-0.3, -0.25) is 4.79 Å². The average molecular weight is 339 g/mol. The Labute approximate surface area is 137 Å². The number of carbonyl (C=O) groups is 1. The Bertz CT molecular complexity index is 759. The van der Waals surface area contributed by atoms with Gasteiger partial charge in [0.15, 0.2) is 0 Å². The van der Waals surface area contributed by atoms with Gasteiger partial charge < -0.3 is 4.74 Å². The Morgan fingerprint density at radius 1 is 1.27 bits per heavy atom. The molecule has 2 aromatic rings. The SMILES string of the molecule is Cc1cc(C2CCOc3cc(F)ccc32)c(C(=O)Cl)cc1Cl. The maximum atomic E-state index is 13.4. The number of halogens is 3. The van der Waals surface area contributed by atoms with Crippen LogP contribution in [0, 0.1) is 12.7 Å². The normalized spacial score (nSPS) is 16.8. The maximum Gasteiger partial charge on any atom is 0.252 e. The number of ether oxygens (including phenoxy) is 1. The number of benzene rings is 2. The van der Waals surface area contributed by atoms with E-state index in [0.29, 0.717) is 29.4 Å². The Balaban J connectivity index is 2.17. The molecule has 1 heterocycles. The molecule has 0 saturated heterocycles. The van der Waals surface area contributed by atoms with Crippen LogP contribution in [0.2, 0.25) is 5.02 Å². The molecule has 0 bridgehead atoms. The molecule has 2 nitrogen and oxygen atoms in total. The maximum absolute atomic E-state index is 13.4. The van der Waals surface area contributed by atoms with Crippen LogP contribution in [0.3, 0.4) is 0 Å². The number of carbonyl (C=O) groups excluding carboxylic acids is 1. The van der Waals surface area contributed by atoms with E-state index >= 15 is 0 Å². The first kappa shape index (κ1) is 15.3. The lowest BCUT2D eigenvalue weighted by atomic mass is 9.83. The third kappa shape index (κ3) is 2.71. The summed E-state index contributed by atoms with van der Waals surface area (Å²) in [6.07, 6.45) is 0.691. The molecule has 1 aliphatic rings. The molecule has 0 N–H and O–H groups in total. The molecule has 0 radical (unpaired) electrons. The average Bonchev–Trinajstić information content (AvgIpc) is 2.48. The van der Waals surface area contributed by atoms with Crippen molar-refractivity contribution in [1.29, 1.82) is 0 Å². The quantitative estimate of drug-likeness (QED) is 0.713. The standard InChI is InChI=1S/C17H13Cl2FO2/c1-9-6-13(14(17(19)21)8-15(9)18)11-4-5-22-16-7-10(20)2-3-12(11)16/h2-3,6-8,11H,4-5H2,1H3. The monoisotopic (exact) mass is 338 g/mol. The Kier molecular flexibility index (Phi) is 4.11. The van der Waals surface area contributed by atoms with Crippen LogP contribution in [-0.4, -0.2) is 11.8 Å². The summed E-state index contributed by atoms with van der Waals surface area (Å²) in [4.78, 5) is 11.8. The third-order valence-corrected chi connectivity index (χ3v) is 4.54. The molecule has 0 amide bonds. The summed E-state index contributed by atoms with van der Waals surface area (Å²) in [6.45, 7) is 2.33. The third-order valence-electron chi connectivity index (χ3n) is 3.93. The van der Waals surface area contributed by atoms with Crippen molar-refractivity contribution in [2.24, 2.45) is 0 Å². The van der Waals surface area contributed by atoms with Crippen molar-refractivity contribution >= 4 is 28.4 Å². The summed E-state index contributed by atoms with van der Waals surface area (Å²) in [5.41, 5.74) is 2.92. The lowest BCUT2D eigenvalue weighted by Gasteiger charge is -2.27. The van der Waals surface area contributed by atoms with E-state index in [9.17, 15) is 9.18 Å². The molecule has 114 valence electrons. The number of hydrogen-bond acceptors (Lipinski definition) is 2. The first-order chi connectivity index (χ1) is 10.5. The predicted molar refractivity (Wildman–Crippen MR) is 84.7 cm³/mol. The van der Waals surface area contributed by atoms with E-state index in [0.717, 1.165) is 16.7 Å². The van der Waals surface area contributed by atoms with Gasteiger partial charge in [-0.1, -0.05) is 23.7 Å². The summed E-state index contributed by atoms with van der Waals surface area (Å²) < 4.78 is 18.9. The van der Waals surface area contributed by atoms with Crippen LogP contribution in [0.15, 0.2) is 30.3 Å². The van der Waals surface area contributed by atoms with E-state index in [1.165, 1.54) is 12.1 Å². The number of aryl methyl sites for hydroxylation is 1. The van der Waals surface area contributed by atoms with Gasteiger partial charge in [0.1, 0.15) is 11.6 Å². The minimum absolute atomic E-state index is 0.0713. The molecule has 1 atom stereocenters. The predicted octanol–water partition coefficient (Wildman–Crippen LogP) is 5.08. The van der Waals surface area contributed by atoms with E-state index in [2.05, 4.69) is 0 Å². The van der Waals surface area contributed by atoms with Gasteiger partial charge in [-0.25, -0.2) is 4.39 Å². The highest BCUT2D eigenvalue weighted by Gasteiger charge is 2.27. The van der Waals surface area contributed by atoms with Crippen molar-refractivity contribution in [3.05, 3.63) is 63.4 Å². The second-order valence-corrected chi connectivity index (χ2v) is 6.08. The van der Waals surface area contributed by atoms with Gasteiger partial charge in [0.25, 0.3) is 5.24 Å². The van der Waals surface area contributed by atoms with E-state index < -0.39 is 5.24 Å². The second-order valence-electron chi connectivity index (χ2n) is 5.33. The van der Waals surface area contributed by atoms with Crippen molar-refractivity contribution in [3.63, 3.8) is 0 Å². The van der Waals surface area contributed by atoms with Crippen molar-refractivity contribution in [3.8, 4) is 5.75 Å². The molecule has 0 fully saturated rings. The summed E-state index contributed by atoms with van der Waals surface area (Å²) in [5, 5.41) is -0.0498. The fourth-order valence-electron chi connectivity index (χ4n) is 2.85. The molecule has 3 rings (SSSR count). The Morgan fingerprint density at radius 3 is 2.77 bits per heavy atom. The van der Waals surface area contributed by atoms with Crippen molar-refractivity contribution in [2.75, 3.05) is 6.61 Å². The Morgan fingerprint density at radius 2 is 2.05 bits per heavy atom. The molecule has 0 saturated carbocycles. The molecule has 0 spiro atoms. The van der Waals surface area contributed by atoms with E-state index in [4.69, 9.17) is 27.9 Å². The topological polar surface area (TPSA) is 26.3 Å². The van der Waals surface area contributed by atoms with Gasteiger partial charge >= 0.3 is 0 Å². The molecule has 0 aromatic heterocycles. The van der Waals surface area contributed by atoms with Gasteiger partial charge in [-0.15, -0.1) is 0 Å². The van der Waals surface area contributed by atoms with E-state index in [1.54, 1.807) is 12.1 Å². The van der Waals surface area contributed by atoms with Crippen LogP contribution in [0.4, 0.5) is 4.39 Å². The molecule has 1 aliphatic heterocycles. The lowest BCUT2D eigenvalue weighted by Crippen LogP contribution is -2.17. The van der Waals surface area contributed by atoms with E-state index in [1.807, 2.05) is 13.0 Å². The number of hydrogen-bond donors (Lipinski definition) is 0. The summed E-state index contributed by atoms with van der Waals surface area (Å²) in [6, 6.07) is 7.93. The number of fused-ring (bicyclic) bond motifs is 1. The zero-order chi connectivity index (χ0) is 15.9.